The van der Waals surface area contributed by atoms with Crippen LogP contribution in [0.2, 0.25) is 0 Å². The second-order valence-corrected chi connectivity index (χ2v) is 10.3. The predicted molar refractivity (Wildman–Crippen MR) is 141 cm³/mol. The van der Waals surface area contributed by atoms with Gasteiger partial charge in [0.1, 0.15) is 23.7 Å². The molecule has 200 valence electrons. The van der Waals surface area contributed by atoms with Gasteiger partial charge in [-0.2, -0.15) is 5.10 Å². The van der Waals surface area contributed by atoms with Gasteiger partial charge in [-0.15, -0.1) is 0 Å². The Morgan fingerprint density at radius 1 is 1.16 bits per heavy atom. The number of hydrogen-bond donors (Lipinski definition) is 2. The van der Waals surface area contributed by atoms with Crippen LogP contribution in [0.4, 0.5) is 4.79 Å². The molecule has 1 amide bonds. The minimum absolute atomic E-state index is 0.119. The predicted octanol–water partition coefficient (Wildman–Crippen LogP) is 3.60. The van der Waals surface area contributed by atoms with E-state index in [0.29, 0.717) is 55.5 Å². The molecule has 0 saturated carbocycles. The number of aromatic amines is 1. The van der Waals surface area contributed by atoms with Crippen molar-refractivity contribution in [3.8, 4) is 11.5 Å². The summed E-state index contributed by atoms with van der Waals surface area (Å²) in [5.74, 6) is 0.960. The van der Waals surface area contributed by atoms with Gasteiger partial charge in [-0.3, -0.25) is 14.8 Å². The lowest BCUT2D eigenvalue weighted by Crippen LogP contribution is -2.49. The Balaban J connectivity index is 1.37. The second-order valence-electron chi connectivity index (χ2n) is 10.3. The Labute approximate surface area is 220 Å². The Hall–Kier alpha value is -3.89. The number of rotatable bonds is 6. The van der Waals surface area contributed by atoms with Crippen LogP contribution in [0, 0.1) is 0 Å². The zero-order valence-electron chi connectivity index (χ0n) is 21.8. The van der Waals surface area contributed by atoms with Crippen LogP contribution in [-0.4, -0.2) is 82.0 Å². The highest BCUT2D eigenvalue weighted by molar-refractivity contribution is 6.15. The number of fused-ring (bicyclic) bond motifs is 2. The first-order valence-corrected chi connectivity index (χ1v) is 12.7. The number of aliphatic hydroxyl groups excluding tert-OH is 1. The monoisotopic (exact) mass is 520 g/mol. The number of nitrogens with one attached hydrogen (secondary N) is 1. The number of hydrogen-bond acceptors (Lipinski definition) is 8. The molecule has 0 aliphatic carbocycles. The number of ketones is 1. The van der Waals surface area contributed by atoms with Crippen molar-refractivity contribution in [2.24, 2.45) is 0 Å². The lowest BCUT2D eigenvalue weighted by Gasteiger charge is -2.35. The fourth-order valence-corrected chi connectivity index (χ4v) is 4.59. The van der Waals surface area contributed by atoms with Gasteiger partial charge in [0.15, 0.2) is 5.76 Å². The van der Waals surface area contributed by atoms with E-state index in [-0.39, 0.29) is 30.8 Å². The molecule has 0 atom stereocenters. The first-order valence-electron chi connectivity index (χ1n) is 12.7. The van der Waals surface area contributed by atoms with Crippen molar-refractivity contribution in [3.63, 3.8) is 0 Å². The van der Waals surface area contributed by atoms with Crippen LogP contribution in [-0.2, 0) is 11.3 Å². The highest BCUT2D eigenvalue weighted by atomic mass is 16.6. The Bertz CT molecular complexity index is 1380. The first kappa shape index (κ1) is 25.7. The van der Waals surface area contributed by atoms with E-state index < -0.39 is 5.60 Å². The van der Waals surface area contributed by atoms with Gasteiger partial charge < -0.3 is 24.2 Å². The van der Waals surface area contributed by atoms with Crippen LogP contribution >= 0.6 is 0 Å². The number of piperazine rings is 1. The summed E-state index contributed by atoms with van der Waals surface area (Å²) in [6.45, 7) is 8.28. The molecule has 1 saturated heterocycles. The SMILES string of the molecule is CC(C)(C)OC(=O)N1CCN(Cc2c(OCCO)ccc3c2O/C(=C\c2n[nH]c4ccccc24)C3=O)CC1. The van der Waals surface area contributed by atoms with E-state index in [1.54, 1.807) is 23.1 Å². The summed E-state index contributed by atoms with van der Waals surface area (Å²) in [6, 6.07) is 11.1. The number of carbonyl (C=O) groups is 2. The zero-order valence-corrected chi connectivity index (χ0v) is 21.8. The van der Waals surface area contributed by atoms with Gasteiger partial charge in [0.05, 0.1) is 28.9 Å². The van der Waals surface area contributed by atoms with Gasteiger partial charge >= 0.3 is 6.09 Å². The molecule has 5 rings (SSSR count). The van der Waals surface area contributed by atoms with Crippen molar-refractivity contribution in [2.45, 2.75) is 32.9 Å². The summed E-state index contributed by atoms with van der Waals surface area (Å²) in [7, 11) is 0. The number of carbonyl (C=O) groups excluding carboxylic acids is 2. The van der Waals surface area contributed by atoms with Gasteiger partial charge in [0, 0.05) is 44.2 Å². The van der Waals surface area contributed by atoms with Gasteiger partial charge in [-0.1, -0.05) is 18.2 Å². The summed E-state index contributed by atoms with van der Waals surface area (Å²) in [6.07, 6.45) is 1.33. The Kier molecular flexibility index (Phi) is 7.09. The molecule has 3 aromatic rings. The van der Waals surface area contributed by atoms with E-state index in [2.05, 4.69) is 15.1 Å². The molecule has 0 spiro atoms. The largest absolute Gasteiger partial charge is 0.491 e. The van der Waals surface area contributed by atoms with Gasteiger partial charge in [-0.05, 0) is 39.0 Å². The average molecular weight is 521 g/mol. The molecule has 10 nitrogen and oxygen atoms in total. The number of benzene rings is 2. The molecule has 2 aromatic carbocycles. The minimum Gasteiger partial charge on any atom is -0.491 e. The van der Waals surface area contributed by atoms with E-state index in [1.165, 1.54) is 0 Å². The molecule has 10 heteroatoms. The first-order chi connectivity index (χ1) is 18.2. The number of aromatic nitrogens is 2. The normalized spacial score (nSPS) is 17.1. The van der Waals surface area contributed by atoms with Crippen LogP contribution in [0.3, 0.4) is 0 Å². The number of nitrogens with zero attached hydrogens (tertiary/aromatic N) is 3. The number of para-hydroxylation sites is 1. The third-order valence-electron chi connectivity index (χ3n) is 6.42. The van der Waals surface area contributed by atoms with Crippen molar-refractivity contribution in [1.82, 2.24) is 20.0 Å². The summed E-state index contributed by atoms with van der Waals surface area (Å²) >= 11 is 0. The molecule has 0 radical (unpaired) electrons. The molecule has 2 aliphatic heterocycles. The minimum atomic E-state index is -0.547. The third-order valence-corrected chi connectivity index (χ3v) is 6.42. The maximum atomic E-state index is 13.3. The van der Waals surface area contributed by atoms with E-state index in [4.69, 9.17) is 14.2 Å². The summed E-state index contributed by atoms with van der Waals surface area (Å²) < 4.78 is 17.5. The molecule has 0 unspecified atom stereocenters. The molecule has 2 N–H and O–H groups in total. The van der Waals surface area contributed by atoms with E-state index in [0.717, 1.165) is 16.5 Å². The number of allylic oxidation sites excluding steroid dienone is 1. The molecule has 1 aromatic heterocycles. The van der Waals surface area contributed by atoms with Gasteiger partial charge in [-0.25, -0.2) is 4.79 Å². The quantitative estimate of drug-likeness (QED) is 0.474. The van der Waals surface area contributed by atoms with Crippen LogP contribution in [0.5, 0.6) is 11.5 Å². The van der Waals surface area contributed by atoms with Crippen LogP contribution in [0.1, 0.15) is 42.4 Å². The fourth-order valence-electron chi connectivity index (χ4n) is 4.59. The second kappa shape index (κ2) is 10.5. The van der Waals surface area contributed by atoms with Crippen molar-refractivity contribution < 1.29 is 28.9 Å². The van der Waals surface area contributed by atoms with Crippen molar-refractivity contribution in [3.05, 3.63) is 59.0 Å². The van der Waals surface area contributed by atoms with Crippen molar-refractivity contribution >= 4 is 28.9 Å². The van der Waals surface area contributed by atoms with Crippen LogP contribution < -0.4 is 9.47 Å². The average Bonchev–Trinajstić information content (AvgIpc) is 3.44. The molecule has 3 heterocycles. The smallest absolute Gasteiger partial charge is 0.410 e. The number of ether oxygens (including phenoxy) is 3. The summed E-state index contributed by atoms with van der Waals surface area (Å²) in [4.78, 5) is 29.6. The fraction of sp³-hybridized carbons (Fsp3) is 0.393. The van der Waals surface area contributed by atoms with Crippen LogP contribution in [0.25, 0.3) is 17.0 Å². The lowest BCUT2D eigenvalue weighted by molar-refractivity contribution is 0.0137. The number of amides is 1. The number of H-pyrrole nitrogens is 1. The maximum absolute atomic E-state index is 13.3. The molecule has 38 heavy (non-hydrogen) atoms. The Morgan fingerprint density at radius 2 is 1.92 bits per heavy atom. The van der Waals surface area contributed by atoms with E-state index in [1.807, 2.05) is 45.0 Å². The maximum Gasteiger partial charge on any atom is 0.410 e. The van der Waals surface area contributed by atoms with Gasteiger partial charge in [0.25, 0.3) is 0 Å². The highest BCUT2D eigenvalue weighted by Crippen LogP contribution is 2.41. The number of aliphatic hydroxyl groups is 1. The molecular formula is C28H32N4O6. The molecule has 2 aliphatic rings. The van der Waals surface area contributed by atoms with E-state index in [9.17, 15) is 14.7 Å². The molecule has 1 fully saturated rings. The van der Waals surface area contributed by atoms with Crippen molar-refractivity contribution in [2.75, 3.05) is 39.4 Å². The van der Waals surface area contributed by atoms with Gasteiger partial charge in [0.2, 0.25) is 5.78 Å². The van der Waals surface area contributed by atoms with Crippen molar-refractivity contribution in [1.29, 1.82) is 0 Å². The third kappa shape index (κ3) is 5.36. The topological polar surface area (TPSA) is 117 Å². The molecule has 0 bridgehead atoms. The van der Waals surface area contributed by atoms with E-state index >= 15 is 0 Å². The Morgan fingerprint density at radius 3 is 2.66 bits per heavy atom. The lowest BCUT2D eigenvalue weighted by atomic mass is 10.0. The number of Topliss-reactive ketones (excluding diaryl/α,β-unsaturated/α-hetero) is 1. The van der Waals surface area contributed by atoms with Crippen LogP contribution in [0.15, 0.2) is 42.2 Å². The highest BCUT2D eigenvalue weighted by Gasteiger charge is 2.33. The zero-order chi connectivity index (χ0) is 26.9. The summed E-state index contributed by atoms with van der Waals surface area (Å²) in [5, 5.41) is 17.5. The standard InChI is InChI=1S/C28H32N4O6/c1-28(2,3)38-27(35)32-12-10-31(11-13-32)17-20-23(36-15-14-33)9-8-19-25(34)24(37-26(19)20)16-22-18-6-4-5-7-21(18)29-30-22/h4-9,16,33H,10-15,17H2,1-3H3,(H,29,30)/b24-16-. The summed E-state index contributed by atoms with van der Waals surface area (Å²) in [5.41, 5.74) is 2.12. The molecular weight excluding hydrogens is 488 g/mol.